The summed E-state index contributed by atoms with van der Waals surface area (Å²) < 4.78 is 10.4. The maximum Gasteiger partial charge on any atom is 0.339 e. The molecule has 0 aliphatic carbocycles. The number of anilines is 1. The summed E-state index contributed by atoms with van der Waals surface area (Å²) in [7, 11) is 0. The number of hydrazone groups is 1. The highest BCUT2D eigenvalue weighted by molar-refractivity contribution is 6.09. The first-order valence-electron chi connectivity index (χ1n) is 10.4. The SMILES string of the molecule is CCOC(=O)C(/C(C)=N/NC(=O)Nc1ccccc1)C(C#N)(C(=O)OCC)c1ccccc1. The monoisotopic (exact) mass is 450 g/mol. The van der Waals surface area contributed by atoms with Gasteiger partial charge in [-0.05, 0) is 38.5 Å². The molecule has 0 aliphatic heterocycles. The van der Waals surface area contributed by atoms with E-state index >= 15 is 0 Å². The van der Waals surface area contributed by atoms with E-state index in [0.29, 0.717) is 5.69 Å². The van der Waals surface area contributed by atoms with Crippen molar-refractivity contribution in [3.63, 3.8) is 0 Å². The first-order valence-corrected chi connectivity index (χ1v) is 10.4. The van der Waals surface area contributed by atoms with Gasteiger partial charge in [-0.25, -0.2) is 15.0 Å². The van der Waals surface area contributed by atoms with Crippen molar-refractivity contribution in [2.45, 2.75) is 26.2 Å². The molecular formula is C24H26N4O5. The molecule has 2 atom stereocenters. The second-order valence-electron chi connectivity index (χ2n) is 6.88. The van der Waals surface area contributed by atoms with Crippen LogP contribution in [-0.4, -0.2) is 36.9 Å². The number of hydrogen-bond acceptors (Lipinski definition) is 7. The Kier molecular flexibility index (Phi) is 9.12. The van der Waals surface area contributed by atoms with Gasteiger partial charge in [-0.15, -0.1) is 0 Å². The topological polar surface area (TPSA) is 130 Å². The highest BCUT2D eigenvalue weighted by atomic mass is 16.5. The molecule has 9 nitrogen and oxygen atoms in total. The van der Waals surface area contributed by atoms with Crippen molar-refractivity contribution < 1.29 is 23.9 Å². The Morgan fingerprint density at radius 3 is 2.12 bits per heavy atom. The van der Waals surface area contributed by atoms with Crippen LogP contribution in [0.3, 0.4) is 0 Å². The molecule has 2 aromatic carbocycles. The average Bonchev–Trinajstić information content (AvgIpc) is 2.82. The van der Waals surface area contributed by atoms with Crippen LogP contribution in [0.15, 0.2) is 65.8 Å². The average molecular weight is 450 g/mol. The molecule has 0 aliphatic rings. The minimum atomic E-state index is -2.07. The van der Waals surface area contributed by atoms with Crippen LogP contribution in [0.25, 0.3) is 0 Å². The molecule has 0 spiro atoms. The maximum atomic E-state index is 13.1. The summed E-state index contributed by atoms with van der Waals surface area (Å²) in [6, 6.07) is 18.1. The summed E-state index contributed by atoms with van der Waals surface area (Å²) in [5.74, 6) is -3.23. The van der Waals surface area contributed by atoms with Gasteiger partial charge in [0.05, 0.1) is 25.0 Å². The van der Waals surface area contributed by atoms with Crippen LogP contribution in [0.4, 0.5) is 10.5 Å². The molecule has 33 heavy (non-hydrogen) atoms. The summed E-state index contributed by atoms with van der Waals surface area (Å²) in [6.07, 6.45) is 0. The number of nitriles is 1. The predicted molar refractivity (Wildman–Crippen MR) is 122 cm³/mol. The summed E-state index contributed by atoms with van der Waals surface area (Å²) in [4.78, 5) is 38.4. The Morgan fingerprint density at radius 1 is 1.00 bits per heavy atom. The van der Waals surface area contributed by atoms with Crippen molar-refractivity contribution in [2.75, 3.05) is 18.5 Å². The Labute approximate surface area is 192 Å². The lowest BCUT2D eigenvalue weighted by Gasteiger charge is -2.31. The first kappa shape index (κ1) is 25.1. The van der Waals surface area contributed by atoms with Crippen LogP contribution in [0.1, 0.15) is 26.3 Å². The van der Waals surface area contributed by atoms with Crippen molar-refractivity contribution in [1.29, 1.82) is 5.26 Å². The van der Waals surface area contributed by atoms with Gasteiger partial charge in [0.25, 0.3) is 0 Å². The molecular weight excluding hydrogens is 424 g/mol. The number of rotatable bonds is 9. The summed E-state index contributed by atoms with van der Waals surface area (Å²) in [5, 5.41) is 16.8. The van der Waals surface area contributed by atoms with Gasteiger partial charge in [-0.3, -0.25) is 4.79 Å². The molecule has 9 heteroatoms. The fourth-order valence-corrected chi connectivity index (χ4v) is 3.29. The number of nitrogens with one attached hydrogen (secondary N) is 2. The number of amides is 2. The molecule has 0 bridgehead atoms. The van der Waals surface area contributed by atoms with E-state index in [2.05, 4.69) is 15.8 Å². The molecule has 0 aromatic heterocycles. The van der Waals surface area contributed by atoms with Crippen molar-refractivity contribution in [3.8, 4) is 6.07 Å². The zero-order valence-corrected chi connectivity index (χ0v) is 18.7. The minimum absolute atomic E-state index is 0.00142. The number of carbonyl (C=O) groups is 3. The Balaban J connectivity index is 2.49. The Bertz CT molecular complexity index is 1030. The van der Waals surface area contributed by atoms with E-state index in [-0.39, 0.29) is 24.5 Å². The summed E-state index contributed by atoms with van der Waals surface area (Å²) in [5.41, 5.74) is 0.993. The van der Waals surface area contributed by atoms with Crippen LogP contribution in [0.5, 0.6) is 0 Å². The van der Waals surface area contributed by atoms with Gasteiger partial charge in [0.15, 0.2) is 5.41 Å². The molecule has 172 valence electrons. The molecule has 2 aromatic rings. The van der Waals surface area contributed by atoms with Gasteiger partial charge in [0.1, 0.15) is 5.92 Å². The highest BCUT2D eigenvalue weighted by Gasteiger charge is 2.55. The zero-order valence-electron chi connectivity index (χ0n) is 18.7. The number of urea groups is 1. The Morgan fingerprint density at radius 2 is 1.58 bits per heavy atom. The van der Waals surface area contributed by atoms with E-state index in [1.807, 2.05) is 6.07 Å². The van der Waals surface area contributed by atoms with E-state index in [0.717, 1.165) is 0 Å². The third-order valence-corrected chi connectivity index (χ3v) is 4.74. The van der Waals surface area contributed by atoms with Crippen LogP contribution in [-0.2, 0) is 24.5 Å². The standard InChI is InChI=1S/C24H26N4O5/c1-4-32-21(29)20(17(3)27-28-23(31)26-19-14-10-7-11-15-19)24(16-25,22(30)33-5-2)18-12-8-6-9-13-18/h6-15,20H,4-5H2,1-3H3,(H2,26,28,31)/b27-17+. The van der Waals surface area contributed by atoms with Crippen LogP contribution in [0, 0.1) is 17.2 Å². The number of esters is 2. The molecule has 0 heterocycles. The molecule has 2 unspecified atom stereocenters. The van der Waals surface area contributed by atoms with Crippen molar-refractivity contribution in [2.24, 2.45) is 11.0 Å². The summed E-state index contributed by atoms with van der Waals surface area (Å²) in [6.45, 7) is 4.65. The second kappa shape index (κ2) is 12.0. The van der Waals surface area contributed by atoms with E-state index in [1.54, 1.807) is 74.5 Å². The Hall–Kier alpha value is -4.19. The van der Waals surface area contributed by atoms with Gasteiger partial charge < -0.3 is 14.8 Å². The molecule has 2 N–H and O–H groups in total. The van der Waals surface area contributed by atoms with Gasteiger partial charge in [-0.2, -0.15) is 10.4 Å². The number of carbonyl (C=O) groups excluding carboxylic acids is 3. The third-order valence-electron chi connectivity index (χ3n) is 4.74. The molecule has 0 saturated heterocycles. The van der Waals surface area contributed by atoms with Gasteiger partial charge in [0.2, 0.25) is 0 Å². The number of para-hydroxylation sites is 1. The number of benzene rings is 2. The number of ether oxygens (including phenoxy) is 2. The highest BCUT2D eigenvalue weighted by Crippen LogP contribution is 2.36. The normalized spacial score (nSPS) is 13.6. The van der Waals surface area contributed by atoms with Crippen LogP contribution >= 0.6 is 0 Å². The smallest absolute Gasteiger partial charge is 0.339 e. The van der Waals surface area contributed by atoms with Gasteiger partial charge in [0, 0.05) is 5.69 Å². The summed E-state index contributed by atoms with van der Waals surface area (Å²) >= 11 is 0. The van der Waals surface area contributed by atoms with Crippen LogP contribution in [0.2, 0.25) is 0 Å². The van der Waals surface area contributed by atoms with Crippen LogP contribution < -0.4 is 10.7 Å². The van der Waals surface area contributed by atoms with E-state index in [9.17, 15) is 19.6 Å². The number of hydrogen-bond donors (Lipinski definition) is 2. The fourth-order valence-electron chi connectivity index (χ4n) is 3.29. The predicted octanol–water partition coefficient (Wildman–Crippen LogP) is 3.39. The lowest BCUT2D eigenvalue weighted by molar-refractivity contribution is -0.157. The third kappa shape index (κ3) is 5.95. The van der Waals surface area contributed by atoms with Crippen molar-refractivity contribution >= 4 is 29.4 Å². The molecule has 0 fully saturated rings. The number of nitrogens with zero attached hydrogens (tertiary/aromatic N) is 2. The maximum absolute atomic E-state index is 13.1. The second-order valence-corrected chi connectivity index (χ2v) is 6.88. The molecule has 0 saturated carbocycles. The lowest BCUT2D eigenvalue weighted by Crippen LogP contribution is -2.50. The van der Waals surface area contributed by atoms with Gasteiger partial charge >= 0.3 is 18.0 Å². The van der Waals surface area contributed by atoms with Gasteiger partial charge in [-0.1, -0.05) is 48.5 Å². The van der Waals surface area contributed by atoms with Crippen molar-refractivity contribution in [3.05, 3.63) is 66.2 Å². The van der Waals surface area contributed by atoms with E-state index < -0.39 is 29.3 Å². The van der Waals surface area contributed by atoms with Crippen molar-refractivity contribution in [1.82, 2.24) is 5.43 Å². The van der Waals surface area contributed by atoms with E-state index in [1.165, 1.54) is 6.92 Å². The largest absolute Gasteiger partial charge is 0.465 e. The fraction of sp³-hybridized carbons (Fsp3) is 0.292. The van der Waals surface area contributed by atoms with E-state index in [4.69, 9.17) is 9.47 Å². The molecule has 2 rings (SSSR count). The quantitative estimate of drug-likeness (QED) is 0.342. The minimum Gasteiger partial charge on any atom is -0.465 e. The lowest BCUT2D eigenvalue weighted by atomic mass is 9.69. The molecule has 0 radical (unpaired) electrons. The zero-order chi connectivity index (χ0) is 24.3. The molecule has 2 amide bonds. The first-order chi connectivity index (χ1) is 15.9.